The number of nitrogens with zero attached hydrogens (tertiary/aromatic N) is 5. The Kier molecular flexibility index (Phi) is 7.06. The van der Waals surface area contributed by atoms with Gasteiger partial charge in [0.05, 0.1) is 5.92 Å². The van der Waals surface area contributed by atoms with Gasteiger partial charge in [-0.25, -0.2) is 4.98 Å². The van der Waals surface area contributed by atoms with Crippen molar-refractivity contribution < 1.29 is 9.90 Å². The Bertz CT molecular complexity index is 1020. The van der Waals surface area contributed by atoms with Crippen LogP contribution < -0.4 is 10.2 Å². The van der Waals surface area contributed by atoms with Gasteiger partial charge in [0.2, 0.25) is 0 Å². The second-order valence-corrected chi connectivity index (χ2v) is 8.15. The minimum absolute atomic E-state index is 0.352. The first-order valence-electron chi connectivity index (χ1n) is 11.1. The molecule has 1 aliphatic heterocycles. The molecule has 3 N–H and O–H groups in total. The molecule has 1 saturated heterocycles. The monoisotopic (exact) mass is 435 g/mol. The number of H-pyrrole nitrogens is 1. The third-order valence-corrected chi connectivity index (χ3v) is 6.00. The Morgan fingerprint density at radius 3 is 2.72 bits per heavy atom. The van der Waals surface area contributed by atoms with Gasteiger partial charge in [0, 0.05) is 38.3 Å². The molecule has 2 atom stereocenters. The lowest BCUT2D eigenvalue weighted by Gasteiger charge is -2.28. The average Bonchev–Trinajstić information content (AvgIpc) is 3.37. The van der Waals surface area contributed by atoms with Crippen LogP contribution in [0.25, 0.3) is 11.1 Å². The molecule has 9 nitrogen and oxygen atoms in total. The van der Waals surface area contributed by atoms with E-state index in [1.807, 2.05) is 31.3 Å². The Balaban J connectivity index is 1.60. The van der Waals surface area contributed by atoms with Crippen molar-refractivity contribution in [1.29, 1.82) is 0 Å². The Morgan fingerprint density at radius 1 is 1.19 bits per heavy atom. The lowest BCUT2D eigenvalue weighted by Crippen LogP contribution is -2.43. The fourth-order valence-electron chi connectivity index (χ4n) is 4.34. The predicted octanol–water partition coefficient (Wildman–Crippen LogP) is 2.50. The van der Waals surface area contributed by atoms with Gasteiger partial charge < -0.3 is 15.3 Å². The SMILES string of the molecule is CCC[C@H](C(=O)O)[C@H](Cc1cccc(-c2ccnc(N3CCNCC3)c2)c1)c1nn[nH]n1. The van der Waals surface area contributed by atoms with Crippen LogP contribution in [-0.2, 0) is 11.2 Å². The molecule has 4 rings (SSSR count). The number of hydrogen-bond donors (Lipinski definition) is 3. The smallest absolute Gasteiger partial charge is 0.307 e. The number of benzene rings is 1. The third-order valence-electron chi connectivity index (χ3n) is 6.00. The molecule has 32 heavy (non-hydrogen) atoms. The van der Waals surface area contributed by atoms with Crippen molar-refractivity contribution in [2.75, 3.05) is 31.1 Å². The van der Waals surface area contributed by atoms with E-state index in [1.165, 1.54) is 0 Å². The van der Waals surface area contributed by atoms with Crippen molar-refractivity contribution in [2.24, 2.45) is 5.92 Å². The standard InChI is InChI=1S/C23H29N7O2/c1-2-4-19(23(31)32)20(22-26-28-29-27-22)14-16-5-3-6-17(13-16)18-7-8-25-21(15-18)30-11-9-24-10-12-30/h3,5-8,13,15,19-20,24H,2,4,9-12,14H2,1H3,(H,31,32)(H,26,27,28,29)/t19-,20-/m0/s1. The summed E-state index contributed by atoms with van der Waals surface area (Å²) < 4.78 is 0. The maximum absolute atomic E-state index is 12.0. The van der Waals surface area contributed by atoms with E-state index < -0.39 is 11.9 Å². The molecule has 0 spiro atoms. The van der Waals surface area contributed by atoms with Crippen LogP contribution in [0.4, 0.5) is 5.82 Å². The predicted molar refractivity (Wildman–Crippen MR) is 121 cm³/mol. The lowest BCUT2D eigenvalue weighted by molar-refractivity contribution is -0.142. The summed E-state index contributed by atoms with van der Waals surface area (Å²) in [6, 6.07) is 12.4. The molecular formula is C23H29N7O2. The van der Waals surface area contributed by atoms with Crippen LogP contribution in [0.3, 0.4) is 0 Å². The topological polar surface area (TPSA) is 120 Å². The molecule has 2 aromatic heterocycles. The highest BCUT2D eigenvalue weighted by molar-refractivity contribution is 5.71. The zero-order valence-electron chi connectivity index (χ0n) is 18.2. The van der Waals surface area contributed by atoms with Crippen molar-refractivity contribution in [2.45, 2.75) is 32.1 Å². The normalized spacial score (nSPS) is 16.0. The van der Waals surface area contributed by atoms with Gasteiger partial charge in [-0.3, -0.25) is 4.79 Å². The summed E-state index contributed by atoms with van der Waals surface area (Å²) in [4.78, 5) is 18.8. The van der Waals surface area contributed by atoms with Crippen molar-refractivity contribution in [3.63, 3.8) is 0 Å². The molecule has 3 aromatic rings. The van der Waals surface area contributed by atoms with E-state index in [4.69, 9.17) is 0 Å². The number of nitrogens with one attached hydrogen (secondary N) is 2. The first-order chi connectivity index (χ1) is 15.7. The fourth-order valence-corrected chi connectivity index (χ4v) is 4.34. The highest BCUT2D eigenvalue weighted by Crippen LogP contribution is 2.31. The number of carbonyl (C=O) groups is 1. The zero-order valence-corrected chi connectivity index (χ0v) is 18.2. The number of aromatic nitrogens is 5. The highest BCUT2D eigenvalue weighted by Gasteiger charge is 2.32. The second-order valence-electron chi connectivity index (χ2n) is 8.15. The molecule has 1 aromatic carbocycles. The van der Waals surface area contributed by atoms with E-state index in [0.717, 1.165) is 55.1 Å². The van der Waals surface area contributed by atoms with Crippen molar-refractivity contribution in [3.05, 3.63) is 54.0 Å². The quantitative estimate of drug-likeness (QED) is 0.469. The Hall–Kier alpha value is -3.33. The average molecular weight is 436 g/mol. The first-order valence-corrected chi connectivity index (χ1v) is 11.1. The molecule has 9 heteroatoms. The zero-order chi connectivity index (χ0) is 22.3. The Labute approximate surface area is 187 Å². The van der Waals surface area contributed by atoms with Gasteiger partial charge in [0.15, 0.2) is 5.82 Å². The summed E-state index contributed by atoms with van der Waals surface area (Å²) >= 11 is 0. The molecular weight excluding hydrogens is 406 g/mol. The molecule has 0 saturated carbocycles. The number of pyridine rings is 1. The second kappa shape index (κ2) is 10.3. The lowest BCUT2D eigenvalue weighted by atomic mass is 9.83. The van der Waals surface area contributed by atoms with Crippen molar-refractivity contribution in [1.82, 2.24) is 30.9 Å². The van der Waals surface area contributed by atoms with E-state index >= 15 is 0 Å². The third kappa shape index (κ3) is 5.11. The Morgan fingerprint density at radius 2 is 2.00 bits per heavy atom. The summed E-state index contributed by atoms with van der Waals surface area (Å²) in [6.45, 7) is 5.79. The summed E-state index contributed by atoms with van der Waals surface area (Å²) in [7, 11) is 0. The first kappa shape index (κ1) is 21.9. The molecule has 168 valence electrons. The van der Waals surface area contributed by atoms with E-state index in [1.54, 1.807) is 0 Å². The summed E-state index contributed by atoms with van der Waals surface area (Å²) in [5.41, 5.74) is 3.21. The molecule has 1 fully saturated rings. The van der Waals surface area contributed by atoms with Gasteiger partial charge >= 0.3 is 5.97 Å². The molecule has 0 aliphatic carbocycles. The van der Waals surface area contributed by atoms with Crippen molar-refractivity contribution >= 4 is 11.8 Å². The molecule has 1 aliphatic rings. The molecule has 3 heterocycles. The van der Waals surface area contributed by atoms with Gasteiger partial charge in [0.1, 0.15) is 5.82 Å². The number of anilines is 1. The maximum atomic E-state index is 12.0. The van der Waals surface area contributed by atoms with Crippen LogP contribution >= 0.6 is 0 Å². The van der Waals surface area contributed by atoms with E-state index in [0.29, 0.717) is 18.7 Å². The van der Waals surface area contributed by atoms with Crippen LogP contribution in [0, 0.1) is 5.92 Å². The van der Waals surface area contributed by atoms with Gasteiger partial charge in [-0.15, -0.1) is 10.2 Å². The highest BCUT2D eigenvalue weighted by atomic mass is 16.4. The number of rotatable bonds is 9. The molecule has 0 radical (unpaired) electrons. The number of tetrazole rings is 1. The number of hydrogen-bond acceptors (Lipinski definition) is 7. The number of carboxylic acids is 1. The number of aliphatic carboxylic acids is 1. The largest absolute Gasteiger partial charge is 0.481 e. The molecule has 0 bridgehead atoms. The number of aromatic amines is 1. The van der Waals surface area contributed by atoms with Gasteiger partial charge in [-0.2, -0.15) is 5.21 Å². The summed E-state index contributed by atoms with van der Waals surface area (Å²) in [5, 5.41) is 27.6. The van der Waals surface area contributed by atoms with Crippen molar-refractivity contribution in [3.8, 4) is 11.1 Å². The fraction of sp³-hybridized carbons (Fsp3) is 0.435. The minimum atomic E-state index is -0.826. The van der Waals surface area contributed by atoms with Gasteiger partial charge in [-0.05, 0) is 41.7 Å². The van der Waals surface area contributed by atoms with Gasteiger partial charge in [0.25, 0.3) is 0 Å². The maximum Gasteiger partial charge on any atom is 0.307 e. The number of piperazine rings is 1. The molecule has 0 amide bonds. The van der Waals surface area contributed by atoms with Crippen LogP contribution in [0.15, 0.2) is 42.6 Å². The van der Waals surface area contributed by atoms with E-state index in [-0.39, 0.29) is 5.92 Å². The molecule has 0 unspecified atom stereocenters. The van der Waals surface area contributed by atoms with Crippen LogP contribution in [0.2, 0.25) is 0 Å². The van der Waals surface area contributed by atoms with Crippen LogP contribution in [0.5, 0.6) is 0 Å². The summed E-state index contributed by atoms with van der Waals surface area (Å²) in [6.07, 6.45) is 3.72. The van der Waals surface area contributed by atoms with Gasteiger partial charge in [-0.1, -0.05) is 42.8 Å². The van der Waals surface area contributed by atoms with E-state index in [2.05, 4.69) is 54.0 Å². The minimum Gasteiger partial charge on any atom is -0.481 e. The van der Waals surface area contributed by atoms with Crippen LogP contribution in [0.1, 0.15) is 37.1 Å². The summed E-state index contributed by atoms with van der Waals surface area (Å²) in [5.74, 6) is -0.321. The van der Waals surface area contributed by atoms with Crippen LogP contribution in [-0.4, -0.2) is 62.9 Å². The van der Waals surface area contributed by atoms with E-state index in [9.17, 15) is 9.90 Å². The number of carboxylic acid groups (broad SMARTS) is 1.